The highest BCUT2D eigenvalue weighted by Gasteiger charge is 2.54. The van der Waals surface area contributed by atoms with Crippen molar-refractivity contribution < 1.29 is 80.9 Å². The molecule has 0 bridgehead atoms. The van der Waals surface area contributed by atoms with E-state index in [9.17, 15) is 5.11 Å². The van der Waals surface area contributed by atoms with Gasteiger partial charge in [0, 0.05) is 17.8 Å². The third-order valence-electron chi connectivity index (χ3n) is 20.9. The van der Waals surface area contributed by atoms with Gasteiger partial charge in [-0.15, -0.1) is 0 Å². The minimum absolute atomic E-state index is 0.0277. The van der Waals surface area contributed by atoms with E-state index >= 15 is 0 Å². The van der Waals surface area contributed by atoms with Crippen LogP contribution in [0.25, 0.3) is 0 Å². The van der Waals surface area contributed by atoms with Crippen LogP contribution in [-0.4, -0.2) is 136 Å². The van der Waals surface area contributed by atoms with Gasteiger partial charge < -0.3 is 80.9 Å². The zero-order valence-electron chi connectivity index (χ0n) is 66.7. The Bertz CT molecular complexity index is 3660. The van der Waals surface area contributed by atoms with Crippen molar-refractivity contribution in [3.8, 4) is 0 Å². The second kappa shape index (κ2) is 45.6. The van der Waals surface area contributed by atoms with E-state index in [1.54, 1.807) is 0 Å². The molecule has 8 unspecified atom stereocenters. The van der Waals surface area contributed by atoms with Crippen LogP contribution in [0.3, 0.4) is 0 Å². The van der Waals surface area contributed by atoms with Gasteiger partial charge in [-0.1, -0.05) is 301 Å². The highest BCUT2D eigenvalue weighted by Crippen LogP contribution is 2.41. The number of hydrogen-bond donors (Lipinski definition) is 1. The Balaban J connectivity index is 0.000000221. The molecule has 112 heavy (non-hydrogen) atoms. The smallest absolute Gasteiger partial charge is 0.189 e. The molecule has 0 aliphatic carbocycles. The zero-order valence-corrected chi connectivity index (χ0v) is 66.7. The fourth-order valence-corrected chi connectivity index (χ4v) is 14.5. The van der Waals surface area contributed by atoms with E-state index in [2.05, 4.69) is 116 Å². The van der Waals surface area contributed by atoms with E-state index < -0.39 is 86.0 Å². The molecule has 12 rings (SSSR count). The fourth-order valence-electron chi connectivity index (χ4n) is 14.5. The summed E-state index contributed by atoms with van der Waals surface area (Å²) < 4.78 is 107. The van der Waals surface area contributed by atoms with Crippen molar-refractivity contribution >= 4 is 0 Å². The molecular formula is C95H118O17. The van der Waals surface area contributed by atoms with Crippen molar-refractivity contribution in [2.45, 2.75) is 233 Å². The van der Waals surface area contributed by atoms with Gasteiger partial charge >= 0.3 is 0 Å². The first-order valence-electron chi connectivity index (χ1n) is 40.1. The molecule has 8 aromatic rings. The third kappa shape index (κ3) is 25.8. The summed E-state index contributed by atoms with van der Waals surface area (Å²) in [6.45, 7) is 23.1. The van der Waals surface area contributed by atoms with E-state index in [0.29, 0.717) is 85.5 Å². The Morgan fingerprint density at radius 2 is 0.545 bits per heavy atom. The molecular weight excluding hydrogens is 1410 g/mol. The Kier molecular flexibility index (Phi) is 34.8. The van der Waals surface area contributed by atoms with E-state index in [-0.39, 0.29) is 42.9 Å². The second-order valence-electron chi connectivity index (χ2n) is 30.1. The van der Waals surface area contributed by atoms with Crippen LogP contribution in [0.4, 0.5) is 0 Å². The van der Waals surface area contributed by atoms with Crippen molar-refractivity contribution in [1.29, 1.82) is 0 Å². The van der Waals surface area contributed by atoms with Gasteiger partial charge in [0.05, 0.1) is 110 Å². The van der Waals surface area contributed by atoms with E-state index in [1.165, 1.54) is 5.57 Å². The molecule has 0 radical (unpaired) electrons. The van der Waals surface area contributed by atoms with E-state index in [0.717, 1.165) is 50.1 Å². The van der Waals surface area contributed by atoms with Crippen LogP contribution in [0.15, 0.2) is 266 Å². The monoisotopic (exact) mass is 1530 g/mol. The normalized spacial score (nSPS) is 27.8. The molecule has 600 valence electrons. The second-order valence-corrected chi connectivity index (χ2v) is 30.1. The highest BCUT2D eigenvalue weighted by atomic mass is 16.8. The molecule has 4 aliphatic rings. The molecule has 17 nitrogen and oxygen atoms in total. The number of rotatable bonds is 38. The molecule has 17 heteroatoms. The van der Waals surface area contributed by atoms with Crippen LogP contribution in [-0.2, 0) is 129 Å². The molecule has 4 heterocycles. The lowest BCUT2D eigenvalue weighted by molar-refractivity contribution is -0.379. The summed E-state index contributed by atoms with van der Waals surface area (Å²) in [5.41, 5.74) is 10.7. The summed E-state index contributed by atoms with van der Waals surface area (Å²) >= 11 is 0. The zero-order chi connectivity index (χ0) is 78.2. The lowest BCUT2D eigenvalue weighted by atomic mass is 9.85. The Hall–Kier alpha value is -7.44. The molecule has 0 aromatic heterocycles. The first kappa shape index (κ1) is 85.4. The maximum absolute atomic E-state index is 11.7. The largest absolute Gasteiger partial charge is 0.388 e. The van der Waals surface area contributed by atoms with Crippen LogP contribution >= 0.6 is 0 Å². The molecule has 0 spiro atoms. The summed E-state index contributed by atoms with van der Waals surface area (Å²) in [6, 6.07) is 80.7. The van der Waals surface area contributed by atoms with Gasteiger partial charge in [-0.3, -0.25) is 0 Å². The quantitative estimate of drug-likeness (QED) is 0.0363. The summed E-state index contributed by atoms with van der Waals surface area (Å²) in [6.07, 6.45) is -4.58. The van der Waals surface area contributed by atoms with Gasteiger partial charge in [0.15, 0.2) is 25.2 Å². The van der Waals surface area contributed by atoms with Crippen LogP contribution < -0.4 is 0 Å². The lowest BCUT2D eigenvalue weighted by Crippen LogP contribution is -2.63. The average Bonchev–Trinajstić information content (AvgIpc) is 0.784. The molecule has 8 aromatic carbocycles. The van der Waals surface area contributed by atoms with Gasteiger partial charge in [-0.05, 0) is 85.0 Å². The summed E-state index contributed by atoms with van der Waals surface area (Å²) in [7, 11) is 0. The fraction of sp³-hybridized carbons (Fsp3) is 0.453. The molecule has 4 aliphatic heterocycles. The number of aliphatic hydroxyl groups is 1. The van der Waals surface area contributed by atoms with Gasteiger partial charge in [0.2, 0.25) is 0 Å². The van der Waals surface area contributed by atoms with Gasteiger partial charge in [-0.25, -0.2) is 0 Å². The Morgan fingerprint density at radius 1 is 0.286 bits per heavy atom. The lowest BCUT2D eigenvalue weighted by Gasteiger charge is -2.49. The molecule has 1 N–H and O–H groups in total. The number of hydrogen-bond acceptors (Lipinski definition) is 17. The number of allylic oxidation sites excluding steroid dienone is 2. The van der Waals surface area contributed by atoms with E-state index in [1.807, 2.05) is 201 Å². The number of benzene rings is 8. The predicted molar refractivity (Wildman–Crippen MR) is 432 cm³/mol. The van der Waals surface area contributed by atoms with Crippen molar-refractivity contribution in [3.63, 3.8) is 0 Å². The summed E-state index contributed by atoms with van der Waals surface area (Å²) in [5.74, 6) is -0.513. The maximum Gasteiger partial charge on any atom is 0.189 e. The topological polar surface area (TPSA) is 168 Å². The Morgan fingerprint density at radius 3 is 0.857 bits per heavy atom. The molecule has 4 fully saturated rings. The third-order valence-corrected chi connectivity index (χ3v) is 20.9. The molecule has 0 amide bonds. The maximum atomic E-state index is 11.7. The first-order valence-corrected chi connectivity index (χ1v) is 40.1. The highest BCUT2D eigenvalue weighted by molar-refractivity contribution is 5.20. The van der Waals surface area contributed by atoms with Crippen molar-refractivity contribution in [1.82, 2.24) is 0 Å². The minimum Gasteiger partial charge on any atom is -0.388 e. The molecule has 4 saturated heterocycles. The van der Waals surface area contributed by atoms with Crippen molar-refractivity contribution in [3.05, 3.63) is 310 Å². The van der Waals surface area contributed by atoms with Crippen LogP contribution in [0, 0.1) is 17.8 Å². The molecule has 0 saturated carbocycles. The summed E-state index contributed by atoms with van der Waals surface area (Å²) in [5, 5.41) is 11.7. The van der Waals surface area contributed by atoms with Gasteiger partial charge in [0.1, 0.15) is 48.8 Å². The SMILES string of the molecule is CCC1O[C@H](O[C@H]2O[C@H](COCc3ccccc3)[C@@H](C)C(OCc3ccccc3)C2C)C(OCc2ccccc2)[C@@H](OCc2ccccc2)[C@@H]1OCC=C(C)C.CCC1O[C@H](O[C@H]2O[C@H](COCc3ccccc3)[C@@H](O)C(OCc3ccccc3)C2C)C(OCc2ccccc2)[C@@H](OCc2ccccc2)[C@@H]1OCC=C(C)C. The van der Waals surface area contributed by atoms with Crippen LogP contribution in [0.2, 0.25) is 0 Å². The van der Waals surface area contributed by atoms with Gasteiger partial charge in [0.25, 0.3) is 0 Å². The molecule has 20 atom stereocenters. The van der Waals surface area contributed by atoms with Crippen LogP contribution in [0.1, 0.15) is 120 Å². The van der Waals surface area contributed by atoms with E-state index in [4.69, 9.17) is 75.8 Å². The van der Waals surface area contributed by atoms with Gasteiger partial charge in [-0.2, -0.15) is 0 Å². The number of ether oxygens (including phenoxy) is 16. The first-order chi connectivity index (χ1) is 54.8. The summed E-state index contributed by atoms with van der Waals surface area (Å²) in [4.78, 5) is 0. The van der Waals surface area contributed by atoms with Crippen molar-refractivity contribution in [2.75, 3.05) is 26.4 Å². The van der Waals surface area contributed by atoms with Crippen LogP contribution in [0.5, 0.6) is 0 Å². The average molecular weight is 1530 g/mol. The minimum atomic E-state index is -0.972. The van der Waals surface area contributed by atoms with Crippen molar-refractivity contribution in [2.24, 2.45) is 17.8 Å². The standard InChI is InChI=1S/C48H60O8.C47H58O9/c1-6-41-44(50-28-27-34(2)3)45(52-31-39-23-15-9-16-24-39)46(53-32-40-25-17-10-18-26-40)48(54-41)56-47-36(5)43(51-30-38-21-13-8-14-22-38)35(4)42(55-47)33-49-29-37-19-11-7-12-20-37;1-5-39-43(50-27-26-33(2)3)44(52-30-37-22-14-8-15-23-37)45(53-31-38-24-16-9-17-25-38)47(54-39)56-46-34(4)42(51-29-36-20-12-7-13-21-36)41(48)40(55-46)32-49-28-35-18-10-6-11-19-35/h7-27,35-36,41-48H,6,28-33H2,1-5H3;6-26,34,39-48H,5,27-32H2,1-4H3/t35-,36?,41?,42-,43?,44-,45+,46?,47-,48-;34?,39?,40-,41-,42?,43-,44+,45?,46-,47-/m11/s1. The predicted octanol–water partition coefficient (Wildman–Crippen LogP) is 17.6. The number of aliphatic hydroxyl groups excluding tert-OH is 1. The Labute approximate surface area is 664 Å².